The zero-order valence-electron chi connectivity index (χ0n) is 15.2. The van der Waals surface area contributed by atoms with Crippen LogP contribution in [0.15, 0.2) is 6.07 Å². The first-order valence-corrected chi connectivity index (χ1v) is 10.8. The van der Waals surface area contributed by atoms with Crippen LogP contribution in [0.1, 0.15) is 56.1 Å². The van der Waals surface area contributed by atoms with Crippen LogP contribution in [0.25, 0.3) is 9.53 Å². The second kappa shape index (κ2) is 8.01. The van der Waals surface area contributed by atoms with Crippen LogP contribution in [-0.2, 0) is 0 Å². The molecule has 0 aromatic carbocycles. The van der Waals surface area contributed by atoms with E-state index in [9.17, 15) is 9.90 Å². The molecule has 0 radical (unpaired) electrons. The molecule has 2 aromatic heterocycles. The third kappa shape index (κ3) is 3.99. The van der Waals surface area contributed by atoms with Crippen molar-refractivity contribution in [1.82, 2.24) is 9.88 Å². The molecule has 3 rings (SSSR count). The third-order valence-corrected chi connectivity index (χ3v) is 7.03. The van der Waals surface area contributed by atoms with E-state index in [1.807, 2.05) is 11.0 Å². The molecule has 0 spiro atoms. The number of aliphatic hydroxyl groups excluding tert-OH is 1. The second-order valence-electron chi connectivity index (χ2n) is 6.68. The van der Waals surface area contributed by atoms with E-state index in [1.54, 1.807) is 18.3 Å². The lowest BCUT2D eigenvalue weighted by Gasteiger charge is -2.36. The van der Waals surface area contributed by atoms with E-state index in [4.69, 9.17) is 4.98 Å². The fourth-order valence-electron chi connectivity index (χ4n) is 3.51. The van der Waals surface area contributed by atoms with Crippen LogP contribution in [-0.4, -0.2) is 52.7 Å². The highest BCUT2D eigenvalue weighted by molar-refractivity contribution is 7.29. The Morgan fingerprint density at radius 1 is 1.40 bits per heavy atom. The number of thiazole rings is 1. The van der Waals surface area contributed by atoms with E-state index >= 15 is 0 Å². The van der Waals surface area contributed by atoms with Crippen molar-refractivity contribution in [3.63, 3.8) is 0 Å². The number of hydrogen-bond donors (Lipinski definition) is 1. The SMILES string of the molecule is CCN(CC)c1nc2sc(C(=O)N3CCCC[C@@H]3C[C@H](C)O)cc2s1. The first-order chi connectivity index (χ1) is 12.0. The van der Waals surface area contributed by atoms with Crippen molar-refractivity contribution in [3.05, 3.63) is 10.9 Å². The molecule has 138 valence electrons. The van der Waals surface area contributed by atoms with Gasteiger partial charge in [0.15, 0.2) is 5.13 Å². The molecule has 2 aromatic rings. The van der Waals surface area contributed by atoms with Crippen molar-refractivity contribution in [2.24, 2.45) is 0 Å². The number of fused-ring (bicyclic) bond motifs is 1. The normalized spacial score (nSPS) is 19.4. The highest BCUT2D eigenvalue weighted by atomic mass is 32.1. The number of likely N-dealkylation sites (tertiary alicyclic amines) is 1. The van der Waals surface area contributed by atoms with Crippen molar-refractivity contribution in [3.8, 4) is 0 Å². The van der Waals surface area contributed by atoms with Crippen molar-refractivity contribution in [1.29, 1.82) is 0 Å². The largest absolute Gasteiger partial charge is 0.393 e. The number of anilines is 1. The Morgan fingerprint density at radius 2 is 2.16 bits per heavy atom. The monoisotopic (exact) mass is 381 g/mol. The van der Waals surface area contributed by atoms with Gasteiger partial charge in [0.05, 0.1) is 15.7 Å². The Kier molecular flexibility index (Phi) is 5.96. The van der Waals surface area contributed by atoms with Gasteiger partial charge in [-0.3, -0.25) is 4.79 Å². The Morgan fingerprint density at radius 3 is 2.80 bits per heavy atom. The van der Waals surface area contributed by atoms with Crippen LogP contribution in [0.4, 0.5) is 5.13 Å². The summed E-state index contributed by atoms with van der Waals surface area (Å²) in [5.41, 5.74) is 0. The summed E-state index contributed by atoms with van der Waals surface area (Å²) in [6, 6.07) is 2.15. The molecule has 0 aliphatic carbocycles. The molecule has 0 saturated carbocycles. The maximum Gasteiger partial charge on any atom is 0.264 e. The summed E-state index contributed by atoms with van der Waals surface area (Å²) in [4.78, 5) is 23.7. The molecule has 5 nitrogen and oxygen atoms in total. The number of aliphatic hydroxyl groups is 1. The highest BCUT2D eigenvalue weighted by Crippen LogP contribution is 2.36. The highest BCUT2D eigenvalue weighted by Gasteiger charge is 2.29. The van der Waals surface area contributed by atoms with Gasteiger partial charge in [-0.25, -0.2) is 4.98 Å². The summed E-state index contributed by atoms with van der Waals surface area (Å²) < 4.78 is 1.10. The van der Waals surface area contributed by atoms with Crippen molar-refractivity contribution >= 4 is 43.2 Å². The molecule has 1 N–H and O–H groups in total. The summed E-state index contributed by atoms with van der Waals surface area (Å²) in [6.07, 6.45) is 3.46. The molecule has 1 aliphatic heterocycles. The van der Waals surface area contributed by atoms with Gasteiger partial charge in [0.1, 0.15) is 4.83 Å². The van der Waals surface area contributed by atoms with Gasteiger partial charge in [0.25, 0.3) is 5.91 Å². The minimum atomic E-state index is -0.372. The summed E-state index contributed by atoms with van der Waals surface area (Å²) in [5, 5.41) is 10.8. The van der Waals surface area contributed by atoms with Crippen LogP contribution in [0, 0.1) is 0 Å². The average Bonchev–Trinajstić information content (AvgIpc) is 3.14. The van der Waals surface area contributed by atoms with E-state index < -0.39 is 0 Å². The van der Waals surface area contributed by atoms with Gasteiger partial charge in [0.2, 0.25) is 0 Å². The van der Waals surface area contributed by atoms with E-state index in [-0.39, 0.29) is 18.1 Å². The van der Waals surface area contributed by atoms with Gasteiger partial charge in [-0.15, -0.1) is 11.3 Å². The molecule has 1 amide bonds. The lowest BCUT2D eigenvalue weighted by Crippen LogP contribution is -2.44. The van der Waals surface area contributed by atoms with Gasteiger partial charge in [-0.2, -0.15) is 0 Å². The Balaban J connectivity index is 1.80. The van der Waals surface area contributed by atoms with Crippen LogP contribution < -0.4 is 4.90 Å². The number of carbonyl (C=O) groups excluding carboxylic acids is 1. The fourth-order valence-corrected chi connectivity index (χ4v) is 5.80. The number of hydrogen-bond acceptors (Lipinski definition) is 6. The molecule has 25 heavy (non-hydrogen) atoms. The second-order valence-corrected chi connectivity index (χ2v) is 8.72. The smallest absolute Gasteiger partial charge is 0.264 e. The predicted octanol–water partition coefficient (Wildman–Crippen LogP) is 3.97. The summed E-state index contributed by atoms with van der Waals surface area (Å²) in [5.74, 6) is 0.102. The lowest BCUT2D eigenvalue weighted by atomic mass is 9.97. The fraction of sp³-hybridized carbons (Fsp3) is 0.667. The molecule has 2 atom stereocenters. The van der Waals surface area contributed by atoms with Gasteiger partial charge >= 0.3 is 0 Å². The molecule has 7 heteroatoms. The molecule has 1 saturated heterocycles. The molecular weight excluding hydrogens is 354 g/mol. The van der Waals surface area contributed by atoms with Gasteiger partial charge in [-0.1, -0.05) is 11.3 Å². The number of aromatic nitrogens is 1. The van der Waals surface area contributed by atoms with Crippen molar-refractivity contribution in [2.75, 3.05) is 24.5 Å². The molecule has 0 bridgehead atoms. The number of carbonyl (C=O) groups is 1. The average molecular weight is 382 g/mol. The number of amides is 1. The first-order valence-electron chi connectivity index (χ1n) is 9.17. The van der Waals surface area contributed by atoms with Crippen molar-refractivity contribution in [2.45, 2.75) is 58.6 Å². The van der Waals surface area contributed by atoms with Crippen LogP contribution >= 0.6 is 22.7 Å². The quantitative estimate of drug-likeness (QED) is 0.823. The van der Waals surface area contributed by atoms with Gasteiger partial charge in [-0.05, 0) is 52.5 Å². The molecule has 1 fully saturated rings. The van der Waals surface area contributed by atoms with E-state index in [0.29, 0.717) is 6.42 Å². The summed E-state index contributed by atoms with van der Waals surface area (Å²) >= 11 is 3.16. The molecule has 0 unspecified atom stereocenters. The Bertz CT molecular complexity index is 690. The maximum absolute atomic E-state index is 13.0. The first kappa shape index (κ1) is 18.6. The minimum Gasteiger partial charge on any atom is -0.393 e. The molecule has 1 aliphatic rings. The number of nitrogens with zero attached hydrogens (tertiary/aromatic N) is 3. The van der Waals surface area contributed by atoms with E-state index in [1.165, 1.54) is 11.3 Å². The van der Waals surface area contributed by atoms with E-state index in [0.717, 1.165) is 58.4 Å². The lowest BCUT2D eigenvalue weighted by molar-refractivity contribution is 0.0519. The summed E-state index contributed by atoms with van der Waals surface area (Å²) in [7, 11) is 0. The van der Waals surface area contributed by atoms with E-state index in [2.05, 4.69) is 18.7 Å². The Labute approximate surface area is 157 Å². The number of rotatable bonds is 6. The van der Waals surface area contributed by atoms with Crippen LogP contribution in [0.2, 0.25) is 0 Å². The van der Waals surface area contributed by atoms with Gasteiger partial charge in [0, 0.05) is 25.7 Å². The standard InChI is InChI=1S/C18H27N3O2S2/c1-4-20(5-2)18-19-16-14(25-18)11-15(24-16)17(23)21-9-7-6-8-13(21)10-12(3)22/h11-13,22H,4-10H2,1-3H3/t12-,13+/m0/s1. The minimum absolute atomic E-state index is 0.102. The Hall–Kier alpha value is -1.18. The summed E-state index contributed by atoms with van der Waals surface area (Å²) in [6.45, 7) is 8.74. The van der Waals surface area contributed by atoms with Crippen LogP contribution in [0.5, 0.6) is 0 Å². The van der Waals surface area contributed by atoms with Crippen LogP contribution in [0.3, 0.4) is 0 Å². The number of piperidine rings is 1. The predicted molar refractivity (Wildman–Crippen MR) is 106 cm³/mol. The zero-order chi connectivity index (χ0) is 18.0. The zero-order valence-corrected chi connectivity index (χ0v) is 16.8. The van der Waals surface area contributed by atoms with Crippen molar-refractivity contribution < 1.29 is 9.90 Å². The van der Waals surface area contributed by atoms with Gasteiger partial charge < -0.3 is 14.9 Å². The topological polar surface area (TPSA) is 56.7 Å². The third-order valence-electron chi connectivity index (χ3n) is 4.82. The molecule has 3 heterocycles. The number of thiophene rings is 1. The molecular formula is C18H27N3O2S2. The maximum atomic E-state index is 13.0.